The summed E-state index contributed by atoms with van der Waals surface area (Å²) in [5.41, 5.74) is 2.57. The number of imidazole rings is 1. The summed E-state index contributed by atoms with van der Waals surface area (Å²) < 4.78 is 9.02. The smallest absolute Gasteiger partial charge is 0.290 e. The van der Waals surface area contributed by atoms with Crippen LogP contribution in [0.1, 0.15) is 37.2 Å². The Hall–Kier alpha value is -4.10. The third-order valence-corrected chi connectivity index (χ3v) is 6.14. The van der Waals surface area contributed by atoms with Crippen molar-refractivity contribution in [2.24, 2.45) is 7.05 Å². The minimum absolute atomic E-state index is 0.0225. The molecule has 0 aliphatic carbocycles. The van der Waals surface area contributed by atoms with Crippen LogP contribution in [0, 0.1) is 11.3 Å². The predicted octanol–water partition coefficient (Wildman–Crippen LogP) is 2.47. The van der Waals surface area contributed by atoms with Crippen molar-refractivity contribution >= 4 is 33.5 Å². The van der Waals surface area contributed by atoms with Crippen LogP contribution in [0.25, 0.3) is 21.9 Å². The van der Waals surface area contributed by atoms with Crippen molar-refractivity contribution in [3.05, 3.63) is 58.4 Å². The van der Waals surface area contributed by atoms with Crippen LogP contribution in [0.2, 0.25) is 0 Å². The van der Waals surface area contributed by atoms with E-state index in [0.29, 0.717) is 23.5 Å². The largest absolute Gasteiger partial charge is 0.378 e. The molecule has 172 valence electrons. The number of hydrogen-bond donors (Lipinski definition) is 1. The first kappa shape index (κ1) is 21.7. The Morgan fingerprint density at radius 3 is 2.97 bits per heavy atom. The van der Waals surface area contributed by atoms with Gasteiger partial charge in [0.2, 0.25) is 5.91 Å². The average Bonchev–Trinajstić information content (AvgIpc) is 3.20. The highest BCUT2D eigenvalue weighted by Gasteiger charge is 2.27. The lowest BCUT2D eigenvalue weighted by molar-refractivity contribution is -0.115. The number of anilines is 1. The van der Waals surface area contributed by atoms with Gasteiger partial charge < -0.3 is 14.6 Å². The molecular formula is C24H23N7O3. The molecule has 1 fully saturated rings. The lowest BCUT2D eigenvalue weighted by atomic mass is 10.0. The Morgan fingerprint density at radius 2 is 2.18 bits per heavy atom. The van der Waals surface area contributed by atoms with E-state index < -0.39 is 0 Å². The summed E-state index contributed by atoms with van der Waals surface area (Å²) in [5, 5.41) is 16.8. The minimum atomic E-state index is -0.387. The maximum absolute atomic E-state index is 13.0. The number of carbonyl (C=O) groups excluding carboxylic acids is 1. The maximum atomic E-state index is 13.0. The fraction of sp³-hybridized carbons (Fsp3) is 0.333. The summed E-state index contributed by atoms with van der Waals surface area (Å²) in [5.74, 6) is 0.226. The minimum Gasteiger partial charge on any atom is -0.378 e. The molecule has 10 nitrogen and oxygen atoms in total. The van der Waals surface area contributed by atoms with Crippen LogP contribution in [0.3, 0.4) is 0 Å². The zero-order chi connectivity index (χ0) is 23.8. The zero-order valence-electron chi connectivity index (χ0n) is 18.9. The van der Waals surface area contributed by atoms with E-state index in [4.69, 9.17) is 9.72 Å². The van der Waals surface area contributed by atoms with Gasteiger partial charge in [-0.15, -0.1) is 0 Å². The first-order chi connectivity index (χ1) is 16.4. The fourth-order valence-electron chi connectivity index (χ4n) is 4.56. The molecule has 1 amide bonds. The molecule has 0 bridgehead atoms. The average molecular weight is 457 g/mol. The molecule has 2 atom stereocenters. The molecule has 4 heterocycles. The summed E-state index contributed by atoms with van der Waals surface area (Å²) >= 11 is 0. The summed E-state index contributed by atoms with van der Waals surface area (Å²) in [4.78, 5) is 34.5. The summed E-state index contributed by atoms with van der Waals surface area (Å²) in [6, 6.07) is 9.11. The highest BCUT2D eigenvalue weighted by atomic mass is 16.5. The molecule has 0 unspecified atom stereocenters. The van der Waals surface area contributed by atoms with E-state index >= 15 is 0 Å². The highest BCUT2D eigenvalue weighted by Crippen LogP contribution is 2.34. The van der Waals surface area contributed by atoms with Crippen LogP contribution >= 0.6 is 0 Å². The number of pyridine rings is 1. The van der Waals surface area contributed by atoms with Crippen molar-refractivity contribution in [3.8, 4) is 6.07 Å². The standard InChI is InChI=1S/C24H23N7O3/c1-14-9-16(6-8-34-14)31-21(11-22(32)29-19-5-7-27-30(2)24(19)33)28-20-13-26-18-4-3-15(12-25)10-17(18)23(20)31/h3-5,7,10,13-14,16H,6,8-9,11H2,1-2H3,(H,29,32)/t14-,16-/m1/s1. The van der Waals surface area contributed by atoms with Gasteiger partial charge in [0.1, 0.15) is 17.0 Å². The molecule has 0 spiro atoms. The normalized spacial score (nSPS) is 18.1. The van der Waals surface area contributed by atoms with Gasteiger partial charge in [-0.2, -0.15) is 10.4 Å². The number of benzene rings is 1. The van der Waals surface area contributed by atoms with Gasteiger partial charge in [0.25, 0.3) is 5.56 Å². The van der Waals surface area contributed by atoms with Crippen molar-refractivity contribution in [2.45, 2.75) is 38.3 Å². The number of hydrogen-bond acceptors (Lipinski definition) is 7. The van der Waals surface area contributed by atoms with E-state index in [1.807, 2.05) is 19.1 Å². The van der Waals surface area contributed by atoms with Gasteiger partial charge in [-0.1, -0.05) is 0 Å². The molecular weight excluding hydrogens is 434 g/mol. The Kier molecular flexibility index (Phi) is 5.55. The molecule has 0 radical (unpaired) electrons. The van der Waals surface area contributed by atoms with Crippen molar-refractivity contribution in [2.75, 3.05) is 11.9 Å². The summed E-state index contributed by atoms with van der Waals surface area (Å²) in [7, 11) is 1.53. The van der Waals surface area contributed by atoms with Crippen molar-refractivity contribution in [1.82, 2.24) is 24.3 Å². The molecule has 4 aromatic rings. The number of amides is 1. The van der Waals surface area contributed by atoms with Crippen molar-refractivity contribution in [3.63, 3.8) is 0 Å². The quantitative estimate of drug-likeness (QED) is 0.499. The third-order valence-electron chi connectivity index (χ3n) is 6.14. The first-order valence-corrected chi connectivity index (χ1v) is 11.1. The Balaban J connectivity index is 1.62. The molecule has 5 rings (SSSR count). The van der Waals surface area contributed by atoms with Gasteiger partial charge in [0.05, 0.1) is 41.4 Å². The number of rotatable bonds is 4. The molecule has 1 N–H and O–H groups in total. The Bertz CT molecular complexity index is 1520. The third kappa shape index (κ3) is 3.91. The Morgan fingerprint density at radius 1 is 1.32 bits per heavy atom. The van der Waals surface area contributed by atoms with Crippen LogP contribution < -0.4 is 10.9 Å². The summed E-state index contributed by atoms with van der Waals surface area (Å²) in [6.45, 7) is 2.64. The van der Waals surface area contributed by atoms with Crippen LogP contribution in [0.15, 0.2) is 41.5 Å². The van der Waals surface area contributed by atoms with E-state index in [-0.39, 0.29) is 35.7 Å². The number of ether oxygens (including phenoxy) is 1. The topological polar surface area (TPSA) is 128 Å². The maximum Gasteiger partial charge on any atom is 0.290 e. The fourth-order valence-corrected chi connectivity index (χ4v) is 4.56. The van der Waals surface area contributed by atoms with Crippen LogP contribution in [0.5, 0.6) is 0 Å². The van der Waals surface area contributed by atoms with E-state index in [1.54, 1.807) is 12.3 Å². The summed E-state index contributed by atoms with van der Waals surface area (Å²) in [6.07, 6.45) is 4.75. The van der Waals surface area contributed by atoms with E-state index in [1.165, 1.54) is 24.0 Å². The van der Waals surface area contributed by atoms with E-state index in [0.717, 1.165) is 29.3 Å². The molecule has 1 aliphatic heterocycles. The predicted molar refractivity (Wildman–Crippen MR) is 125 cm³/mol. The molecule has 1 aromatic carbocycles. The molecule has 34 heavy (non-hydrogen) atoms. The van der Waals surface area contributed by atoms with E-state index in [2.05, 4.69) is 26.0 Å². The van der Waals surface area contributed by atoms with Crippen molar-refractivity contribution in [1.29, 1.82) is 5.26 Å². The SMILES string of the molecule is C[C@@H]1C[C@H](n2c(CC(=O)Nc3ccnn(C)c3=O)nc3cnc4ccc(C#N)cc4c32)CCO1. The number of carbonyl (C=O) groups is 1. The van der Waals surface area contributed by atoms with Gasteiger partial charge in [0.15, 0.2) is 0 Å². The Labute approximate surface area is 194 Å². The highest BCUT2D eigenvalue weighted by molar-refractivity contribution is 6.03. The van der Waals surface area contributed by atoms with Gasteiger partial charge in [0, 0.05) is 31.3 Å². The van der Waals surface area contributed by atoms with Crippen LogP contribution in [0.4, 0.5) is 5.69 Å². The first-order valence-electron chi connectivity index (χ1n) is 11.1. The second kappa shape index (κ2) is 8.68. The molecule has 10 heteroatoms. The second-order valence-electron chi connectivity index (χ2n) is 8.49. The molecule has 0 saturated carbocycles. The van der Waals surface area contributed by atoms with Crippen LogP contribution in [-0.4, -0.2) is 42.9 Å². The second-order valence-corrected chi connectivity index (χ2v) is 8.49. The van der Waals surface area contributed by atoms with Gasteiger partial charge in [-0.3, -0.25) is 14.6 Å². The zero-order valence-corrected chi connectivity index (χ0v) is 18.9. The lowest BCUT2D eigenvalue weighted by Crippen LogP contribution is -2.29. The molecule has 1 saturated heterocycles. The number of nitrogens with one attached hydrogen (secondary N) is 1. The molecule has 3 aromatic heterocycles. The number of aryl methyl sites for hydroxylation is 1. The van der Waals surface area contributed by atoms with Gasteiger partial charge in [-0.05, 0) is 44.0 Å². The van der Waals surface area contributed by atoms with Crippen LogP contribution in [-0.2, 0) is 23.0 Å². The number of aromatic nitrogens is 5. The number of nitrogens with zero attached hydrogens (tertiary/aromatic N) is 6. The monoisotopic (exact) mass is 457 g/mol. The van der Waals surface area contributed by atoms with Gasteiger partial charge in [-0.25, -0.2) is 9.67 Å². The lowest BCUT2D eigenvalue weighted by Gasteiger charge is -2.30. The van der Waals surface area contributed by atoms with Gasteiger partial charge >= 0.3 is 0 Å². The van der Waals surface area contributed by atoms with E-state index in [9.17, 15) is 14.9 Å². The number of nitriles is 1. The number of fused-ring (bicyclic) bond motifs is 3. The molecule has 1 aliphatic rings. The van der Waals surface area contributed by atoms with Crippen molar-refractivity contribution < 1.29 is 9.53 Å².